The van der Waals surface area contributed by atoms with Gasteiger partial charge in [0.25, 0.3) is 0 Å². The standard InChI is InChI=1S/C12H12NO2/c1-2-11-12(15-8-14-11)7-10(1)9-3-5-13-6-4-9/h1-3,7H,4-6,8H2. The van der Waals surface area contributed by atoms with Gasteiger partial charge in [0.2, 0.25) is 6.79 Å². The fourth-order valence-electron chi connectivity index (χ4n) is 1.93. The molecule has 0 unspecified atom stereocenters. The van der Waals surface area contributed by atoms with Crippen LogP contribution in [0, 0.1) is 0 Å². The van der Waals surface area contributed by atoms with Gasteiger partial charge >= 0.3 is 0 Å². The molecule has 2 heterocycles. The summed E-state index contributed by atoms with van der Waals surface area (Å²) in [5.41, 5.74) is 2.59. The maximum absolute atomic E-state index is 5.36. The lowest BCUT2D eigenvalue weighted by Crippen LogP contribution is -2.12. The van der Waals surface area contributed by atoms with Crippen LogP contribution in [0.3, 0.4) is 0 Å². The molecule has 0 aliphatic carbocycles. The average Bonchev–Trinajstić information content (AvgIpc) is 2.77. The van der Waals surface area contributed by atoms with Crippen molar-refractivity contribution in [2.75, 3.05) is 19.9 Å². The molecule has 0 atom stereocenters. The van der Waals surface area contributed by atoms with Gasteiger partial charge in [-0.15, -0.1) is 0 Å². The summed E-state index contributed by atoms with van der Waals surface area (Å²) in [7, 11) is 0. The molecule has 2 aliphatic heterocycles. The van der Waals surface area contributed by atoms with Crippen LogP contribution in [0.1, 0.15) is 12.0 Å². The monoisotopic (exact) mass is 202 g/mol. The van der Waals surface area contributed by atoms with Crippen molar-refractivity contribution < 1.29 is 9.47 Å². The van der Waals surface area contributed by atoms with Crippen LogP contribution in [0.15, 0.2) is 24.3 Å². The van der Waals surface area contributed by atoms with E-state index in [1.54, 1.807) is 0 Å². The number of hydrogen-bond donors (Lipinski definition) is 0. The summed E-state index contributed by atoms with van der Waals surface area (Å²) in [6.45, 7) is 2.11. The predicted octanol–water partition coefficient (Wildman–Crippen LogP) is 1.81. The third kappa shape index (κ3) is 1.59. The minimum atomic E-state index is 0.340. The summed E-state index contributed by atoms with van der Waals surface area (Å²) in [6.07, 6.45) is 3.21. The van der Waals surface area contributed by atoms with Crippen LogP contribution < -0.4 is 14.8 Å². The number of hydrogen-bond acceptors (Lipinski definition) is 2. The van der Waals surface area contributed by atoms with E-state index >= 15 is 0 Å². The third-order valence-corrected chi connectivity index (χ3v) is 2.75. The molecule has 0 spiro atoms. The first-order valence-electron chi connectivity index (χ1n) is 5.16. The summed E-state index contributed by atoms with van der Waals surface area (Å²) >= 11 is 0. The molecule has 1 radical (unpaired) electrons. The van der Waals surface area contributed by atoms with Crippen molar-refractivity contribution in [3.63, 3.8) is 0 Å². The molecule has 3 heteroatoms. The molecule has 0 fully saturated rings. The Labute approximate surface area is 88.7 Å². The molecule has 2 aliphatic rings. The normalized spacial score (nSPS) is 18.8. The Morgan fingerprint density at radius 1 is 1.13 bits per heavy atom. The molecule has 0 saturated heterocycles. The number of nitrogens with zero attached hydrogens (tertiary/aromatic N) is 1. The molecule has 3 rings (SSSR count). The molecule has 0 saturated carbocycles. The van der Waals surface area contributed by atoms with Gasteiger partial charge in [-0.25, -0.2) is 5.32 Å². The lowest BCUT2D eigenvalue weighted by atomic mass is 10.00. The molecule has 1 aromatic carbocycles. The Balaban J connectivity index is 1.95. The van der Waals surface area contributed by atoms with Crippen LogP contribution in [0.4, 0.5) is 0 Å². The largest absolute Gasteiger partial charge is 0.454 e. The average molecular weight is 202 g/mol. The molecule has 0 aromatic heterocycles. The summed E-state index contributed by atoms with van der Waals surface area (Å²) in [5, 5.41) is 4.29. The van der Waals surface area contributed by atoms with Gasteiger partial charge in [0.1, 0.15) is 0 Å². The van der Waals surface area contributed by atoms with Gasteiger partial charge in [-0.1, -0.05) is 12.1 Å². The Hall–Kier alpha value is -1.48. The van der Waals surface area contributed by atoms with E-state index in [0.717, 1.165) is 31.0 Å². The van der Waals surface area contributed by atoms with Crippen molar-refractivity contribution >= 4 is 5.57 Å². The Bertz CT molecular complexity index is 412. The minimum absolute atomic E-state index is 0.340. The van der Waals surface area contributed by atoms with Crippen LogP contribution in [-0.2, 0) is 0 Å². The van der Waals surface area contributed by atoms with Crippen LogP contribution >= 0.6 is 0 Å². The molecule has 0 bridgehead atoms. The van der Waals surface area contributed by atoms with Crippen molar-refractivity contribution in [2.45, 2.75) is 6.42 Å². The first kappa shape index (κ1) is 8.80. The molecule has 0 N–H and O–H groups in total. The topological polar surface area (TPSA) is 32.6 Å². The van der Waals surface area contributed by atoms with Gasteiger partial charge < -0.3 is 9.47 Å². The number of rotatable bonds is 1. The van der Waals surface area contributed by atoms with Crippen molar-refractivity contribution in [1.82, 2.24) is 5.32 Å². The summed E-state index contributed by atoms with van der Waals surface area (Å²) in [6, 6.07) is 6.12. The predicted molar refractivity (Wildman–Crippen MR) is 57.0 cm³/mol. The molecule has 3 nitrogen and oxygen atoms in total. The smallest absolute Gasteiger partial charge is 0.231 e. The van der Waals surface area contributed by atoms with E-state index in [0.29, 0.717) is 6.79 Å². The molecule has 15 heavy (non-hydrogen) atoms. The molecule has 77 valence electrons. The zero-order chi connectivity index (χ0) is 10.1. The highest BCUT2D eigenvalue weighted by molar-refractivity contribution is 5.69. The second-order valence-corrected chi connectivity index (χ2v) is 3.68. The first-order valence-corrected chi connectivity index (χ1v) is 5.16. The summed E-state index contributed by atoms with van der Waals surface area (Å²) in [4.78, 5) is 0. The number of benzene rings is 1. The van der Waals surface area contributed by atoms with E-state index in [4.69, 9.17) is 9.47 Å². The highest BCUT2D eigenvalue weighted by Crippen LogP contribution is 2.35. The quantitative estimate of drug-likeness (QED) is 0.695. The molecule has 1 aromatic rings. The van der Waals surface area contributed by atoms with E-state index in [-0.39, 0.29) is 0 Å². The van der Waals surface area contributed by atoms with Crippen molar-refractivity contribution in [2.24, 2.45) is 0 Å². The fourth-order valence-corrected chi connectivity index (χ4v) is 1.93. The van der Waals surface area contributed by atoms with Crippen LogP contribution in [0.2, 0.25) is 0 Å². The zero-order valence-electron chi connectivity index (χ0n) is 8.40. The number of fused-ring (bicyclic) bond motifs is 1. The van der Waals surface area contributed by atoms with Gasteiger partial charge in [0.15, 0.2) is 11.5 Å². The summed E-state index contributed by atoms with van der Waals surface area (Å²) < 4.78 is 10.6. The highest BCUT2D eigenvalue weighted by atomic mass is 16.7. The van der Waals surface area contributed by atoms with E-state index in [2.05, 4.69) is 23.5 Å². The molecule has 0 amide bonds. The zero-order valence-corrected chi connectivity index (χ0v) is 8.40. The second-order valence-electron chi connectivity index (χ2n) is 3.68. The van der Waals surface area contributed by atoms with E-state index in [1.807, 2.05) is 6.07 Å². The van der Waals surface area contributed by atoms with Gasteiger partial charge in [-0.3, -0.25) is 0 Å². The third-order valence-electron chi connectivity index (χ3n) is 2.75. The lowest BCUT2D eigenvalue weighted by molar-refractivity contribution is 0.174. The van der Waals surface area contributed by atoms with Crippen LogP contribution in [0.5, 0.6) is 11.5 Å². The number of ether oxygens (including phenoxy) is 2. The maximum Gasteiger partial charge on any atom is 0.231 e. The van der Waals surface area contributed by atoms with Gasteiger partial charge in [0, 0.05) is 13.1 Å². The Kier molecular flexibility index (Phi) is 2.10. The molecular weight excluding hydrogens is 190 g/mol. The van der Waals surface area contributed by atoms with Crippen LogP contribution in [-0.4, -0.2) is 19.9 Å². The SMILES string of the molecule is C1=C(c2ccc3c(c2)OCO3)CC[N]C1. The Morgan fingerprint density at radius 2 is 2.07 bits per heavy atom. The first-order chi connectivity index (χ1) is 7.43. The minimum Gasteiger partial charge on any atom is -0.454 e. The Morgan fingerprint density at radius 3 is 2.93 bits per heavy atom. The van der Waals surface area contributed by atoms with Crippen LogP contribution in [0.25, 0.3) is 5.57 Å². The molecular formula is C12H12NO2. The van der Waals surface area contributed by atoms with Gasteiger partial charge in [-0.05, 0) is 29.7 Å². The van der Waals surface area contributed by atoms with Gasteiger partial charge in [-0.2, -0.15) is 0 Å². The van der Waals surface area contributed by atoms with Crippen molar-refractivity contribution in [3.8, 4) is 11.5 Å². The summed E-state index contributed by atoms with van der Waals surface area (Å²) in [5.74, 6) is 1.70. The van der Waals surface area contributed by atoms with E-state index < -0.39 is 0 Å². The van der Waals surface area contributed by atoms with Gasteiger partial charge in [0.05, 0.1) is 0 Å². The van der Waals surface area contributed by atoms with E-state index in [9.17, 15) is 0 Å². The fraction of sp³-hybridized carbons (Fsp3) is 0.333. The highest BCUT2D eigenvalue weighted by Gasteiger charge is 2.15. The lowest BCUT2D eigenvalue weighted by Gasteiger charge is -2.13. The van der Waals surface area contributed by atoms with Crippen molar-refractivity contribution in [3.05, 3.63) is 29.8 Å². The van der Waals surface area contributed by atoms with Crippen molar-refractivity contribution in [1.29, 1.82) is 0 Å². The van der Waals surface area contributed by atoms with E-state index in [1.165, 1.54) is 11.1 Å². The maximum atomic E-state index is 5.36. The second kappa shape index (κ2) is 3.59.